The van der Waals surface area contributed by atoms with Gasteiger partial charge in [-0.05, 0) is 0 Å². The average Bonchev–Trinajstić information content (AvgIpc) is 1.12. The van der Waals surface area contributed by atoms with Crippen molar-refractivity contribution in [3.05, 3.63) is 0 Å². The van der Waals surface area contributed by atoms with Crippen molar-refractivity contribution in [2.75, 3.05) is 0 Å². The predicted octanol–water partition coefficient (Wildman–Crippen LogP) is -0.159. The minimum absolute atomic E-state index is 0. The molecule has 0 saturated heterocycles. The van der Waals surface area contributed by atoms with Gasteiger partial charge in [0.15, 0.2) is 0 Å². The molecule has 0 bridgehead atoms. The Bertz CT molecular complexity index is 132. The number of hydrogen-bond acceptors (Lipinski definition) is 2. The van der Waals surface area contributed by atoms with Gasteiger partial charge in [0.2, 0.25) is 0 Å². The van der Waals surface area contributed by atoms with E-state index >= 15 is 0 Å². The van der Waals surface area contributed by atoms with Gasteiger partial charge in [0.25, 0.3) is 0 Å². The number of hydrogen-bond donors (Lipinski definition) is 2. The largest absolute Gasteiger partial charge is 0 e. The van der Waals surface area contributed by atoms with E-state index in [-0.39, 0.29) is 37.7 Å². The van der Waals surface area contributed by atoms with Crippen LogP contribution in [0.1, 0.15) is 0 Å². The summed E-state index contributed by atoms with van der Waals surface area (Å²) in [6.45, 7) is 0. The summed E-state index contributed by atoms with van der Waals surface area (Å²) < 4.78 is 35.9. The third-order valence-corrected chi connectivity index (χ3v) is 0. The summed E-state index contributed by atoms with van der Waals surface area (Å²) in [5.74, 6) is 0. The van der Waals surface area contributed by atoms with Crippen LogP contribution in [0.3, 0.4) is 0 Å². The van der Waals surface area contributed by atoms with Gasteiger partial charge in [0.1, 0.15) is 0 Å². The van der Waals surface area contributed by atoms with E-state index in [2.05, 4.69) is 0 Å². The second-order valence-corrected chi connectivity index (χ2v) is 13.4. The second kappa shape index (κ2) is 7.31. The standard InChI is InChI=1S/2C2H7AsO2.Ca/c2*1-3(2,4)5;/h2*1-2H3,(H,4,5);. The topological polar surface area (TPSA) is 74.6 Å². The van der Waals surface area contributed by atoms with Crippen LogP contribution in [0.15, 0.2) is 0 Å². The van der Waals surface area contributed by atoms with Gasteiger partial charge in [-0.15, -0.1) is 0 Å². The summed E-state index contributed by atoms with van der Waals surface area (Å²) in [7, 11) is 0. The van der Waals surface area contributed by atoms with E-state index in [0.29, 0.717) is 0 Å². The van der Waals surface area contributed by atoms with E-state index < -0.39 is 27.7 Å². The van der Waals surface area contributed by atoms with E-state index in [9.17, 15) is 7.48 Å². The van der Waals surface area contributed by atoms with Crippen LogP contribution >= 0.6 is 0 Å². The van der Waals surface area contributed by atoms with Crippen molar-refractivity contribution in [2.45, 2.75) is 22.8 Å². The molecule has 2 N–H and O–H groups in total. The maximum Gasteiger partial charge on any atom is 0 e. The van der Waals surface area contributed by atoms with Crippen LogP contribution in [0.25, 0.3) is 0 Å². The smallest absolute Gasteiger partial charge is 0 e. The van der Waals surface area contributed by atoms with Crippen LogP contribution in [0.4, 0.5) is 0 Å². The van der Waals surface area contributed by atoms with Gasteiger partial charge in [-0.25, -0.2) is 0 Å². The maximum atomic E-state index is 9.83. The zero-order valence-corrected chi connectivity index (χ0v) is 13.3. The quantitative estimate of drug-likeness (QED) is 0.609. The van der Waals surface area contributed by atoms with E-state index in [1.165, 1.54) is 22.8 Å². The fourth-order valence-corrected chi connectivity index (χ4v) is 0. The summed E-state index contributed by atoms with van der Waals surface area (Å²) in [6, 6.07) is 0. The van der Waals surface area contributed by atoms with Gasteiger partial charge < -0.3 is 0 Å². The van der Waals surface area contributed by atoms with Crippen LogP contribution < -0.4 is 0 Å². The summed E-state index contributed by atoms with van der Waals surface area (Å²) >= 11 is -6.25. The summed E-state index contributed by atoms with van der Waals surface area (Å²) in [6.07, 6.45) is 0. The third kappa shape index (κ3) is 324. The van der Waals surface area contributed by atoms with Crippen LogP contribution in [0, 0.1) is 0 Å². The maximum absolute atomic E-state index is 9.83. The molecule has 7 heteroatoms. The monoisotopic (exact) mass is 316 g/mol. The van der Waals surface area contributed by atoms with Gasteiger partial charge in [-0.3, -0.25) is 0 Å². The van der Waals surface area contributed by atoms with Crippen molar-refractivity contribution >= 4 is 65.4 Å². The molecule has 2 radical (unpaired) electrons. The summed E-state index contributed by atoms with van der Waals surface area (Å²) in [5, 5.41) is 0. The molecule has 0 aromatic heterocycles. The fraction of sp³-hybridized carbons (Fsp3) is 1.00. The van der Waals surface area contributed by atoms with Crippen molar-refractivity contribution in [3.8, 4) is 0 Å². The second-order valence-electron chi connectivity index (χ2n) is 2.59. The minimum atomic E-state index is -3.12. The van der Waals surface area contributed by atoms with Gasteiger partial charge in [0.05, 0.1) is 0 Å². The molecule has 0 spiro atoms. The van der Waals surface area contributed by atoms with Crippen molar-refractivity contribution in [1.82, 2.24) is 0 Å². The molecular formula is C4H14As2CaO4. The molecule has 0 amide bonds. The predicted molar refractivity (Wildman–Crippen MR) is 46.5 cm³/mol. The molecule has 0 saturated carbocycles. The Balaban J connectivity index is -0.000000107. The zero-order chi connectivity index (χ0) is 9.00. The average molecular weight is 316 g/mol. The van der Waals surface area contributed by atoms with Crippen molar-refractivity contribution < 1.29 is 15.7 Å². The summed E-state index contributed by atoms with van der Waals surface area (Å²) in [5.41, 5.74) is 5.44. The molecule has 0 aromatic rings. The van der Waals surface area contributed by atoms with E-state index in [1.807, 2.05) is 0 Å². The fourth-order valence-electron chi connectivity index (χ4n) is 0. The molecule has 4 nitrogen and oxygen atoms in total. The van der Waals surface area contributed by atoms with Crippen LogP contribution in [-0.2, 0) is 7.48 Å². The van der Waals surface area contributed by atoms with Gasteiger partial charge in [-0.1, -0.05) is 0 Å². The Morgan fingerprint density at radius 2 is 0.818 bits per heavy atom. The molecule has 0 atom stereocenters. The molecule has 0 heterocycles. The molecule has 0 aliphatic heterocycles. The molecule has 0 aromatic carbocycles. The van der Waals surface area contributed by atoms with Gasteiger partial charge >= 0.3 is 66.2 Å². The molecule has 0 fully saturated rings. The first-order chi connectivity index (χ1) is 4.00. The zero-order valence-electron chi connectivity index (χ0n) is 7.31. The Labute approximate surface area is 102 Å². The van der Waals surface area contributed by atoms with Crippen molar-refractivity contribution in [2.24, 2.45) is 0 Å². The van der Waals surface area contributed by atoms with Crippen LogP contribution in [-0.4, -0.2) is 73.6 Å². The first-order valence-corrected chi connectivity index (χ1v) is 13.3. The Kier molecular flexibility index (Phi) is 12.4. The van der Waals surface area contributed by atoms with Crippen LogP contribution in [0.2, 0.25) is 22.8 Å². The molecule has 0 unspecified atom stereocenters. The van der Waals surface area contributed by atoms with Crippen LogP contribution in [0.5, 0.6) is 0 Å². The third-order valence-electron chi connectivity index (χ3n) is 0. The van der Waals surface area contributed by atoms with E-state index in [0.717, 1.165) is 0 Å². The summed E-state index contributed by atoms with van der Waals surface area (Å²) in [4.78, 5) is 0. The Hall–Kier alpha value is 1.90. The molecular weight excluding hydrogens is 302 g/mol. The Morgan fingerprint density at radius 3 is 0.818 bits per heavy atom. The SMILES string of the molecule is C[As](C)(=O)O.C[As](C)(=O)O.[Ca]. The normalized spacial score (nSPS) is 10.7. The van der Waals surface area contributed by atoms with E-state index in [1.54, 1.807) is 0 Å². The van der Waals surface area contributed by atoms with Gasteiger partial charge in [0, 0.05) is 37.7 Å². The number of rotatable bonds is 0. The molecule has 0 aliphatic carbocycles. The molecule has 0 rings (SSSR count). The molecule has 11 heavy (non-hydrogen) atoms. The molecule has 0 aliphatic rings. The molecule has 66 valence electrons. The first kappa shape index (κ1) is 18.6. The minimum Gasteiger partial charge on any atom is 0 e. The first-order valence-electron chi connectivity index (χ1n) is 2.55. The van der Waals surface area contributed by atoms with Crippen molar-refractivity contribution in [3.63, 3.8) is 0 Å². The van der Waals surface area contributed by atoms with Gasteiger partial charge in [-0.2, -0.15) is 0 Å². The van der Waals surface area contributed by atoms with E-state index in [4.69, 9.17) is 8.19 Å². The Morgan fingerprint density at radius 1 is 0.818 bits per heavy atom. The van der Waals surface area contributed by atoms with Crippen molar-refractivity contribution in [1.29, 1.82) is 0 Å².